The first-order valence-electron chi connectivity index (χ1n) is 7.26. The van der Waals surface area contributed by atoms with Gasteiger partial charge in [0.25, 0.3) is 0 Å². The normalized spacial score (nSPS) is 19.0. The standard InChI is InChI=1S/C16H24BrN/c1-3-10-18(11-4-2)14-9-8-13-6-5-7-16(17)15(13)12-14/h5-7,14H,3-4,8-12H2,1-2H3/t14-/m1/s1. The summed E-state index contributed by atoms with van der Waals surface area (Å²) in [6.45, 7) is 7.07. The molecular weight excluding hydrogens is 286 g/mol. The highest BCUT2D eigenvalue weighted by atomic mass is 79.9. The summed E-state index contributed by atoms with van der Waals surface area (Å²) < 4.78 is 1.30. The number of hydrogen-bond donors (Lipinski definition) is 0. The van der Waals surface area contributed by atoms with Gasteiger partial charge in [-0.3, -0.25) is 0 Å². The number of nitrogens with zero attached hydrogens (tertiary/aromatic N) is 1. The predicted octanol–water partition coefficient (Wildman–Crippen LogP) is 4.43. The minimum Gasteiger partial charge on any atom is -0.300 e. The molecule has 0 unspecified atom stereocenters. The molecule has 1 aromatic rings. The lowest BCUT2D eigenvalue weighted by Crippen LogP contribution is -2.40. The summed E-state index contributed by atoms with van der Waals surface area (Å²) in [6.07, 6.45) is 6.31. The maximum atomic E-state index is 3.72. The smallest absolute Gasteiger partial charge is 0.0210 e. The van der Waals surface area contributed by atoms with Gasteiger partial charge in [0, 0.05) is 10.5 Å². The van der Waals surface area contributed by atoms with Crippen LogP contribution in [0.25, 0.3) is 0 Å². The number of hydrogen-bond acceptors (Lipinski definition) is 1. The van der Waals surface area contributed by atoms with Crippen molar-refractivity contribution in [2.45, 2.75) is 52.0 Å². The van der Waals surface area contributed by atoms with Gasteiger partial charge in [-0.15, -0.1) is 0 Å². The second-order valence-electron chi connectivity index (χ2n) is 5.31. The summed E-state index contributed by atoms with van der Waals surface area (Å²) in [7, 11) is 0. The highest BCUT2D eigenvalue weighted by molar-refractivity contribution is 9.10. The monoisotopic (exact) mass is 309 g/mol. The van der Waals surface area contributed by atoms with Gasteiger partial charge in [0.05, 0.1) is 0 Å². The van der Waals surface area contributed by atoms with E-state index < -0.39 is 0 Å². The summed E-state index contributed by atoms with van der Waals surface area (Å²) in [5.74, 6) is 0. The highest BCUT2D eigenvalue weighted by Crippen LogP contribution is 2.30. The first-order valence-corrected chi connectivity index (χ1v) is 8.05. The van der Waals surface area contributed by atoms with E-state index in [0.717, 1.165) is 6.04 Å². The van der Waals surface area contributed by atoms with Crippen molar-refractivity contribution < 1.29 is 0 Å². The molecule has 0 amide bonds. The van der Waals surface area contributed by atoms with Crippen molar-refractivity contribution in [3.8, 4) is 0 Å². The molecule has 0 bridgehead atoms. The third-order valence-corrected chi connectivity index (χ3v) is 4.68. The van der Waals surface area contributed by atoms with Crippen LogP contribution in [0.1, 0.15) is 44.2 Å². The van der Waals surface area contributed by atoms with Crippen molar-refractivity contribution in [3.05, 3.63) is 33.8 Å². The number of rotatable bonds is 5. The molecule has 1 nitrogen and oxygen atoms in total. The van der Waals surface area contributed by atoms with Crippen molar-refractivity contribution in [1.29, 1.82) is 0 Å². The minimum absolute atomic E-state index is 0.746. The van der Waals surface area contributed by atoms with Crippen molar-refractivity contribution in [2.75, 3.05) is 13.1 Å². The van der Waals surface area contributed by atoms with Crippen molar-refractivity contribution >= 4 is 15.9 Å². The van der Waals surface area contributed by atoms with Crippen molar-refractivity contribution in [2.24, 2.45) is 0 Å². The topological polar surface area (TPSA) is 3.24 Å². The average molecular weight is 310 g/mol. The lowest BCUT2D eigenvalue weighted by Gasteiger charge is -2.35. The predicted molar refractivity (Wildman–Crippen MR) is 82.1 cm³/mol. The molecule has 1 aliphatic rings. The Labute approximate surface area is 120 Å². The first-order chi connectivity index (χ1) is 8.76. The summed E-state index contributed by atoms with van der Waals surface area (Å²) in [6, 6.07) is 7.39. The lowest BCUT2D eigenvalue weighted by molar-refractivity contribution is 0.180. The number of benzene rings is 1. The fourth-order valence-corrected chi connectivity index (χ4v) is 3.66. The van der Waals surface area contributed by atoms with Gasteiger partial charge < -0.3 is 4.90 Å². The zero-order valence-electron chi connectivity index (χ0n) is 11.6. The Morgan fingerprint density at radius 1 is 1.22 bits per heavy atom. The molecule has 0 saturated carbocycles. The van der Waals surface area contributed by atoms with Gasteiger partial charge in [-0.1, -0.05) is 41.9 Å². The molecule has 0 saturated heterocycles. The molecule has 0 N–H and O–H groups in total. The van der Waals surface area contributed by atoms with E-state index >= 15 is 0 Å². The Morgan fingerprint density at radius 2 is 1.94 bits per heavy atom. The van der Waals surface area contributed by atoms with E-state index in [-0.39, 0.29) is 0 Å². The Kier molecular flexibility index (Phi) is 5.25. The first kappa shape index (κ1) is 14.1. The van der Waals surface area contributed by atoms with Crippen LogP contribution in [0.3, 0.4) is 0 Å². The van der Waals surface area contributed by atoms with Crippen LogP contribution in [-0.2, 0) is 12.8 Å². The van der Waals surface area contributed by atoms with Gasteiger partial charge in [0.2, 0.25) is 0 Å². The molecule has 100 valence electrons. The van der Waals surface area contributed by atoms with E-state index in [9.17, 15) is 0 Å². The van der Waals surface area contributed by atoms with Crippen molar-refractivity contribution in [1.82, 2.24) is 4.90 Å². The SMILES string of the molecule is CCCN(CCC)[C@@H]1CCc2cccc(Br)c2C1. The summed E-state index contributed by atoms with van der Waals surface area (Å²) >= 11 is 3.72. The Hall–Kier alpha value is -0.340. The molecule has 2 rings (SSSR count). The minimum atomic E-state index is 0.746. The fourth-order valence-electron chi connectivity index (χ4n) is 3.09. The molecule has 0 heterocycles. The zero-order chi connectivity index (χ0) is 13.0. The number of fused-ring (bicyclic) bond motifs is 1. The van der Waals surface area contributed by atoms with Crippen LogP contribution in [0, 0.1) is 0 Å². The Morgan fingerprint density at radius 3 is 2.61 bits per heavy atom. The van der Waals surface area contributed by atoms with E-state index in [2.05, 4.69) is 52.9 Å². The van der Waals surface area contributed by atoms with Crippen LogP contribution in [0.2, 0.25) is 0 Å². The molecule has 0 aliphatic heterocycles. The second kappa shape index (κ2) is 6.72. The van der Waals surface area contributed by atoms with Crippen LogP contribution < -0.4 is 0 Å². The van der Waals surface area contributed by atoms with Crippen LogP contribution in [0.15, 0.2) is 22.7 Å². The molecule has 0 radical (unpaired) electrons. The van der Waals surface area contributed by atoms with Crippen LogP contribution in [0.4, 0.5) is 0 Å². The van der Waals surface area contributed by atoms with E-state index in [0.29, 0.717) is 0 Å². The second-order valence-corrected chi connectivity index (χ2v) is 6.16. The van der Waals surface area contributed by atoms with Gasteiger partial charge in [0.15, 0.2) is 0 Å². The van der Waals surface area contributed by atoms with Crippen LogP contribution >= 0.6 is 15.9 Å². The fraction of sp³-hybridized carbons (Fsp3) is 0.625. The number of aryl methyl sites for hydroxylation is 1. The Bertz CT molecular complexity index is 383. The van der Waals surface area contributed by atoms with Gasteiger partial charge >= 0.3 is 0 Å². The van der Waals surface area contributed by atoms with E-state index in [1.54, 1.807) is 11.1 Å². The van der Waals surface area contributed by atoms with Crippen molar-refractivity contribution in [3.63, 3.8) is 0 Å². The summed E-state index contributed by atoms with van der Waals surface area (Å²) in [5.41, 5.74) is 3.10. The van der Waals surface area contributed by atoms with Gasteiger partial charge in [-0.2, -0.15) is 0 Å². The largest absolute Gasteiger partial charge is 0.300 e. The van der Waals surface area contributed by atoms with Gasteiger partial charge in [-0.05, 0) is 62.4 Å². The van der Waals surface area contributed by atoms with Crippen LogP contribution in [-0.4, -0.2) is 24.0 Å². The molecule has 1 aliphatic carbocycles. The molecule has 0 fully saturated rings. The quantitative estimate of drug-likeness (QED) is 0.778. The number of halogens is 1. The average Bonchev–Trinajstić information content (AvgIpc) is 2.39. The lowest BCUT2D eigenvalue weighted by atomic mass is 9.87. The van der Waals surface area contributed by atoms with Gasteiger partial charge in [0.1, 0.15) is 0 Å². The molecule has 1 atom stereocenters. The summed E-state index contributed by atoms with van der Waals surface area (Å²) in [4.78, 5) is 2.70. The maximum absolute atomic E-state index is 3.72. The zero-order valence-corrected chi connectivity index (χ0v) is 13.2. The molecular formula is C16H24BrN. The van der Waals surface area contributed by atoms with E-state index in [1.807, 2.05) is 0 Å². The summed E-state index contributed by atoms with van der Waals surface area (Å²) in [5, 5.41) is 0. The molecule has 0 spiro atoms. The van der Waals surface area contributed by atoms with E-state index in [1.165, 1.54) is 49.7 Å². The van der Waals surface area contributed by atoms with Gasteiger partial charge in [-0.25, -0.2) is 0 Å². The molecule has 2 heteroatoms. The maximum Gasteiger partial charge on any atom is 0.0210 e. The Balaban J connectivity index is 2.12. The highest BCUT2D eigenvalue weighted by Gasteiger charge is 2.24. The third-order valence-electron chi connectivity index (χ3n) is 3.94. The molecule has 18 heavy (non-hydrogen) atoms. The van der Waals surface area contributed by atoms with E-state index in [4.69, 9.17) is 0 Å². The third kappa shape index (κ3) is 3.16. The van der Waals surface area contributed by atoms with Crippen LogP contribution in [0.5, 0.6) is 0 Å². The molecule has 1 aromatic carbocycles. The molecule has 0 aromatic heterocycles.